The van der Waals surface area contributed by atoms with Gasteiger partial charge in [0, 0.05) is 38.6 Å². The minimum atomic E-state index is -0.573. The predicted molar refractivity (Wildman–Crippen MR) is 134 cm³/mol. The molecule has 1 aliphatic heterocycles. The van der Waals surface area contributed by atoms with Crippen molar-refractivity contribution >= 4 is 0 Å². The number of methoxy groups -OCH3 is 1. The average Bonchev–Trinajstić information content (AvgIpc) is 2.82. The molecule has 0 bridgehead atoms. The number of allylic oxidation sites excluding steroid dienone is 4. The maximum absolute atomic E-state index is 11.7. The summed E-state index contributed by atoms with van der Waals surface area (Å²) in [4.78, 5) is 4.95. The molecule has 1 unspecified atom stereocenters. The van der Waals surface area contributed by atoms with E-state index in [1.165, 1.54) is 17.5 Å². The van der Waals surface area contributed by atoms with Crippen molar-refractivity contribution in [2.45, 2.75) is 56.5 Å². The van der Waals surface area contributed by atoms with E-state index in [1.54, 1.807) is 13.2 Å². The van der Waals surface area contributed by atoms with Crippen LogP contribution in [0.25, 0.3) is 0 Å². The molecule has 1 aromatic carbocycles. The van der Waals surface area contributed by atoms with Crippen molar-refractivity contribution in [3.63, 3.8) is 0 Å². The fourth-order valence-corrected chi connectivity index (χ4v) is 5.07. The summed E-state index contributed by atoms with van der Waals surface area (Å²) >= 11 is 0. The molecule has 1 aliphatic carbocycles. The zero-order valence-electron chi connectivity index (χ0n) is 20.1. The smallest absolute Gasteiger partial charge is 0.114 e. The van der Waals surface area contributed by atoms with Crippen LogP contribution in [0, 0.1) is 0 Å². The summed E-state index contributed by atoms with van der Waals surface area (Å²) < 4.78 is 5.39. The third kappa shape index (κ3) is 7.06. The second-order valence-corrected chi connectivity index (χ2v) is 9.51. The van der Waals surface area contributed by atoms with Crippen LogP contribution < -0.4 is 0 Å². The highest BCUT2D eigenvalue weighted by Gasteiger charge is 2.39. The minimum absolute atomic E-state index is 0.185. The monoisotopic (exact) mass is 438 g/mol. The largest absolute Gasteiger partial charge is 0.497 e. The molecule has 4 nitrogen and oxygen atoms in total. The molecule has 0 aromatic heterocycles. The Labute approximate surface area is 195 Å². The molecule has 2 fully saturated rings. The highest BCUT2D eigenvalue weighted by Crippen LogP contribution is 2.40. The number of rotatable bonds is 10. The lowest BCUT2D eigenvalue weighted by molar-refractivity contribution is -0.0337. The van der Waals surface area contributed by atoms with Crippen LogP contribution >= 0.6 is 0 Å². The number of aryl methyl sites for hydroxylation is 1. The van der Waals surface area contributed by atoms with Gasteiger partial charge in [0.1, 0.15) is 5.76 Å². The molecule has 1 N–H and O–H groups in total. The lowest BCUT2D eigenvalue weighted by Gasteiger charge is -2.43. The number of piperazine rings is 1. The average molecular weight is 439 g/mol. The normalized spacial score (nSPS) is 21.5. The SMILES string of the molecule is C=C/C=C\C(=C/CCc1ccc(C(CN2CCN(C)CC2)C2(O)CCCCC2)cc1)OC. The van der Waals surface area contributed by atoms with Crippen molar-refractivity contribution < 1.29 is 9.84 Å². The molecule has 1 saturated heterocycles. The number of nitrogens with zero attached hydrogens (tertiary/aromatic N) is 2. The summed E-state index contributed by atoms with van der Waals surface area (Å²) in [6, 6.07) is 9.03. The van der Waals surface area contributed by atoms with Gasteiger partial charge in [-0.1, -0.05) is 62.3 Å². The molecule has 1 saturated carbocycles. The van der Waals surface area contributed by atoms with Crippen molar-refractivity contribution in [2.24, 2.45) is 0 Å². The maximum Gasteiger partial charge on any atom is 0.114 e. The molecule has 0 spiro atoms. The Morgan fingerprint density at radius 2 is 1.81 bits per heavy atom. The van der Waals surface area contributed by atoms with Crippen LogP contribution in [0.4, 0.5) is 0 Å². The van der Waals surface area contributed by atoms with E-state index >= 15 is 0 Å². The first kappa shape index (κ1) is 24.8. The molecule has 0 radical (unpaired) electrons. The highest BCUT2D eigenvalue weighted by molar-refractivity contribution is 5.29. The highest BCUT2D eigenvalue weighted by atomic mass is 16.5. The Hall–Kier alpha value is -1.88. The van der Waals surface area contributed by atoms with Crippen LogP contribution in [0.1, 0.15) is 55.6 Å². The Kier molecular flexibility index (Phi) is 9.58. The predicted octanol–water partition coefficient (Wildman–Crippen LogP) is 4.92. The van der Waals surface area contributed by atoms with Crippen LogP contribution in [-0.4, -0.2) is 67.4 Å². The van der Waals surface area contributed by atoms with E-state index in [0.29, 0.717) is 0 Å². The molecule has 1 aromatic rings. The van der Waals surface area contributed by atoms with Crippen LogP contribution in [-0.2, 0) is 11.2 Å². The molecular weight excluding hydrogens is 396 g/mol. The van der Waals surface area contributed by atoms with Gasteiger partial charge < -0.3 is 19.6 Å². The first-order valence-corrected chi connectivity index (χ1v) is 12.3. The van der Waals surface area contributed by atoms with Gasteiger partial charge in [0.15, 0.2) is 0 Å². The van der Waals surface area contributed by atoms with Gasteiger partial charge >= 0.3 is 0 Å². The van der Waals surface area contributed by atoms with Gasteiger partial charge in [-0.3, -0.25) is 0 Å². The Morgan fingerprint density at radius 3 is 2.44 bits per heavy atom. The first-order chi connectivity index (χ1) is 15.5. The van der Waals surface area contributed by atoms with E-state index < -0.39 is 5.60 Å². The van der Waals surface area contributed by atoms with Crippen LogP contribution in [0.3, 0.4) is 0 Å². The molecule has 3 rings (SSSR count). The summed E-state index contributed by atoms with van der Waals surface area (Å²) in [6.45, 7) is 9.07. The van der Waals surface area contributed by atoms with Crippen molar-refractivity contribution in [3.8, 4) is 0 Å². The van der Waals surface area contributed by atoms with E-state index in [0.717, 1.165) is 77.0 Å². The van der Waals surface area contributed by atoms with Gasteiger partial charge in [-0.25, -0.2) is 0 Å². The summed E-state index contributed by atoms with van der Waals surface area (Å²) in [5.74, 6) is 1.05. The zero-order valence-corrected chi connectivity index (χ0v) is 20.1. The van der Waals surface area contributed by atoms with E-state index in [2.05, 4.69) is 53.8 Å². The fraction of sp³-hybridized carbons (Fsp3) is 0.571. The van der Waals surface area contributed by atoms with Crippen LogP contribution in [0.15, 0.2) is 60.9 Å². The maximum atomic E-state index is 11.7. The standard InChI is InChI=1S/C28H42N2O2/c1-4-5-11-26(32-3)12-9-10-24-13-15-25(16-14-24)27(28(31)17-7-6-8-18-28)23-30-21-19-29(2)20-22-30/h4-5,11-16,27,31H,1,6-10,17-23H2,2-3H3/b11-5-,26-12+. The zero-order chi connectivity index (χ0) is 22.8. The van der Waals surface area contributed by atoms with Gasteiger partial charge in [0.25, 0.3) is 0 Å². The number of hydrogen-bond donors (Lipinski definition) is 1. The second kappa shape index (κ2) is 12.4. The molecule has 2 aliphatic rings. The Morgan fingerprint density at radius 1 is 1.12 bits per heavy atom. The first-order valence-electron chi connectivity index (χ1n) is 12.3. The molecular formula is C28H42N2O2. The van der Waals surface area contributed by atoms with Crippen molar-refractivity contribution in [2.75, 3.05) is 46.9 Å². The molecule has 4 heteroatoms. The lowest BCUT2D eigenvalue weighted by Crippen LogP contribution is -2.50. The van der Waals surface area contributed by atoms with Crippen molar-refractivity contribution in [1.82, 2.24) is 9.80 Å². The van der Waals surface area contributed by atoms with Crippen molar-refractivity contribution in [1.29, 1.82) is 0 Å². The van der Waals surface area contributed by atoms with E-state index in [-0.39, 0.29) is 5.92 Å². The Bertz CT molecular complexity index is 754. The summed E-state index contributed by atoms with van der Waals surface area (Å²) in [5.41, 5.74) is 2.04. The number of hydrogen-bond acceptors (Lipinski definition) is 4. The number of aliphatic hydroxyl groups is 1. The fourth-order valence-electron chi connectivity index (χ4n) is 5.07. The molecule has 32 heavy (non-hydrogen) atoms. The van der Waals surface area contributed by atoms with Gasteiger partial charge in [0.2, 0.25) is 0 Å². The summed E-state index contributed by atoms with van der Waals surface area (Å²) in [5, 5.41) is 11.7. The third-order valence-corrected chi connectivity index (χ3v) is 7.20. The molecule has 0 amide bonds. The third-order valence-electron chi connectivity index (χ3n) is 7.20. The Balaban J connectivity index is 1.68. The molecule has 1 atom stereocenters. The number of likely N-dealkylation sites (N-methyl/N-ethyl adjacent to an activating group) is 1. The van der Waals surface area contributed by atoms with Gasteiger partial charge in [-0.15, -0.1) is 0 Å². The van der Waals surface area contributed by atoms with Crippen molar-refractivity contribution in [3.05, 3.63) is 72.0 Å². The lowest BCUT2D eigenvalue weighted by atomic mass is 9.72. The second-order valence-electron chi connectivity index (χ2n) is 9.51. The summed E-state index contributed by atoms with van der Waals surface area (Å²) in [6.07, 6.45) is 15.0. The van der Waals surface area contributed by atoms with E-state index in [4.69, 9.17) is 4.74 Å². The van der Waals surface area contributed by atoms with E-state index in [9.17, 15) is 5.11 Å². The van der Waals surface area contributed by atoms with Gasteiger partial charge in [-0.2, -0.15) is 0 Å². The summed E-state index contributed by atoms with van der Waals surface area (Å²) in [7, 11) is 3.90. The quantitative estimate of drug-likeness (QED) is 0.416. The van der Waals surface area contributed by atoms with Gasteiger partial charge in [0.05, 0.1) is 12.7 Å². The van der Waals surface area contributed by atoms with Gasteiger partial charge in [-0.05, 0) is 56.0 Å². The van der Waals surface area contributed by atoms with Crippen LogP contribution in [0.2, 0.25) is 0 Å². The number of ether oxygens (including phenoxy) is 1. The number of benzene rings is 1. The topological polar surface area (TPSA) is 35.9 Å². The molecule has 176 valence electrons. The van der Waals surface area contributed by atoms with E-state index in [1.807, 2.05) is 12.2 Å². The van der Waals surface area contributed by atoms with Crippen LogP contribution in [0.5, 0.6) is 0 Å². The minimum Gasteiger partial charge on any atom is -0.497 e. The molecule has 1 heterocycles.